The molecule has 0 radical (unpaired) electrons. The zero-order valence-electron chi connectivity index (χ0n) is 11.2. The van der Waals surface area contributed by atoms with Gasteiger partial charge in [0.25, 0.3) is 0 Å². The van der Waals surface area contributed by atoms with Crippen LogP contribution in [0, 0.1) is 5.92 Å². The highest BCUT2D eigenvalue weighted by atomic mass is 35.5. The van der Waals surface area contributed by atoms with E-state index in [1.165, 1.54) is 0 Å². The molecule has 0 aliphatic carbocycles. The van der Waals surface area contributed by atoms with Gasteiger partial charge in [-0.25, -0.2) is 0 Å². The standard InChI is InChI=1S/C14H20ClN3O/c1-17-14(19)10-4-3-7-18(9-10)13-6-2-5-12(15)11(13)8-16/h2,5-6,10H,3-4,7-9,16H2,1H3,(H,17,19). The molecule has 104 valence electrons. The first-order valence-electron chi connectivity index (χ1n) is 6.61. The molecule has 1 fully saturated rings. The maximum absolute atomic E-state index is 11.8. The summed E-state index contributed by atoms with van der Waals surface area (Å²) < 4.78 is 0. The molecule has 19 heavy (non-hydrogen) atoms. The van der Waals surface area contributed by atoms with Crippen LogP contribution in [0.5, 0.6) is 0 Å². The Hall–Kier alpha value is -1.26. The quantitative estimate of drug-likeness (QED) is 0.888. The van der Waals surface area contributed by atoms with E-state index < -0.39 is 0 Å². The number of carbonyl (C=O) groups is 1. The summed E-state index contributed by atoms with van der Waals surface area (Å²) in [4.78, 5) is 14.0. The molecule has 1 amide bonds. The number of nitrogens with two attached hydrogens (primary N) is 1. The Morgan fingerprint density at radius 2 is 2.37 bits per heavy atom. The predicted molar refractivity (Wildman–Crippen MR) is 78.3 cm³/mol. The SMILES string of the molecule is CNC(=O)C1CCCN(c2cccc(Cl)c2CN)C1. The number of piperidine rings is 1. The number of nitrogens with zero attached hydrogens (tertiary/aromatic N) is 1. The van der Waals surface area contributed by atoms with E-state index in [1.807, 2.05) is 18.2 Å². The smallest absolute Gasteiger partial charge is 0.224 e. The number of hydrogen-bond acceptors (Lipinski definition) is 3. The summed E-state index contributed by atoms with van der Waals surface area (Å²) in [5.74, 6) is 0.157. The van der Waals surface area contributed by atoms with Crippen LogP contribution in [0.2, 0.25) is 5.02 Å². The van der Waals surface area contributed by atoms with Crippen LogP contribution in [0.1, 0.15) is 18.4 Å². The lowest BCUT2D eigenvalue weighted by Crippen LogP contribution is -2.42. The topological polar surface area (TPSA) is 58.4 Å². The number of halogens is 1. The highest BCUT2D eigenvalue weighted by Gasteiger charge is 2.26. The first-order chi connectivity index (χ1) is 9.17. The van der Waals surface area contributed by atoms with Crippen LogP contribution in [0.15, 0.2) is 18.2 Å². The third kappa shape index (κ3) is 3.01. The van der Waals surface area contributed by atoms with Crippen molar-refractivity contribution in [3.05, 3.63) is 28.8 Å². The van der Waals surface area contributed by atoms with Crippen molar-refractivity contribution in [2.24, 2.45) is 11.7 Å². The predicted octanol–water partition coefficient (Wildman–Crippen LogP) is 1.76. The molecule has 4 nitrogen and oxygen atoms in total. The summed E-state index contributed by atoms with van der Waals surface area (Å²) >= 11 is 6.19. The van der Waals surface area contributed by atoms with Gasteiger partial charge in [-0.2, -0.15) is 0 Å². The summed E-state index contributed by atoms with van der Waals surface area (Å²) in [7, 11) is 1.69. The number of rotatable bonds is 3. The number of amides is 1. The molecule has 0 saturated carbocycles. The van der Waals surface area contributed by atoms with Crippen LogP contribution < -0.4 is 16.0 Å². The lowest BCUT2D eigenvalue weighted by atomic mass is 9.96. The monoisotopic (exact) mass is 281 g/mol. The van der Waals surface area contributed by atoms with Gasteiger partial charge >= 0.3 is 0 Å². The van der Waals surface area contributed by atoms with Gasteiger partial charge in [-0.3, -0.25) is 4.79 Å². The van der Waals surface area contributed by atoms with E-state index in [9.17, 15) is 4.79 Å². The molecule has 1 heterocycles. The van der Waals surface area contributed by atoms with Gasteiger partial charge in [-0.15, -0.1) is 0 Å². The van der Waals surface area contributed by atoms with Gasteiger partial charge in [0.15, 0.2) is 0 Å². The van der Waals surface area contributed by atoms with Crippen LogP contribution in [-0.4, -0.2) is 26.0 Å². The van der Waals surface area contributed by atoms with Crippen molar-refractivity contribution >= 4 is 23.2 Å². The Morgan fingerprint density at radius 3 is 3.05 bits per heavy atom. The normalized spacial score (nSPS) is 19.3. The Balaban J connectivity index is 2.22. The highest BCUT2D eigenvalue weighted by molar-refractivity contribution is 6.31. The Morgan fingerprint density at radius 1 is 1.58 bits per heavy atom. The fourth-order valence-corrected chi connectivity index (χ4v) is 2.91. The number of hydrogen-bond donors (Lipinski definition) is 2. The first-order valence-corrected chi connectivity index (χ1v) is 6.99. The fraction of sp³-hybridized carbons (Fsp3) is 0.500. The van der Waals surface area contributed by atoms with E-state index in [-0.39, 0.29) is 11.8 Å². The second kappa shape index (κ2) is 6.26. The Bertz CT molecular complexity index is 464. The second-order valence-electron chi connectivity index (χ2n) is 4.84. The van der Waals surface area contributed by atoms with Gasteiger partial charge in [-0.05, 0) is 25.0 Å². The fourth-order valence-electron chi connectivity index (χ4n) is 2.66. The molecule has 1 saturated heterocycles. The van der Waals surface area contributed by atoms with E-state index in [4.69, 9.17) is 17.3 Å². The van der Waals surface area contributed by atoms with Gasteiger partial charge < -0.3 is 16.0 Å². The third-order valence-corrected chi connectivity index (χ3v) is 4.03. The highest BCUT2D eigenvalue weighted by Crippen LogP contribution is 2.30. The average molecular weight is 282 g/mol. The van der Waals surface area contributed by atoms with Crippen molar-refractivity contribution in [1.29, 1.82) is 0 Å². The number of anilines is 1. The largest absolute Gasteiger partial charge is 0.370 e. The lowest BCUT2D eigenvalue weighted by molar-refractivity contribution is -0.124. The second-order valence-corrected chi connectivity index (χ2v) is 5.25. The molecule has 1 aliphatic rings. The Labute approximate surface area is 118 Å². The summed E-state index contributed by atoms with van der Waals surface area (Å²) in [5, 5.41) is 3.43. The summed E-state index contributed by atoms with van der Waals surface area (Å²) in [5.41, 5.74) is 7.81. The van der Waals surface area contributed by atoms with Gasteiger partial charge in [0, 0.05) is 43.0 Å². The maximum Gasteiger partial charge on any atom is 0.224 e. The summed E-state index contributed by atoms with van der Waals surface area (Å²) in [6.45, 7) is 2.09. The van der Waals surface area contributed by atoms with E-state index in [1.54, 1.807) is 7.05 Å². The molecule has 0 spiro atoms. The van der Waals surface area contributed by atoms with Crippen LogP contribution in [0.3, 0.4) is 0 Å². The number of benzene rings is 1. The van der Waals surface area contributed by atoms with Gasteiger partial charge in [0.2, 0.25) is 5.91 Å². The van der Waals surface area contributed by atoms with Gasteiger partial charge in [-0.1, -0.05) is 17.7 Å². The molecule has 1 aliphatic heterocycles. The average Bonchev–Trinajstić information content (AvgIpc) is 2.46. The van der Waals surface area contributed by atoms with Crippen LogP contribution >= 0.6 is 11.6 Å². The van der Waals surface area contributed by atoms with Gasteiger partial charge in [0.1, 0.15) is 0 Å². The minimum atomic E-state index is 0.0448. The van der Waals surface area contributed by atoms with Gasteiger partial charge in [0.05, 0.1) is 5.92 Å². The first kappa shape index (κ1) is 14.2. The number of nitrogens with one attached hydrogen (secondary N) is 1. The summed E-state index contributed by atoms with van der Waals surface area (Å²) in [6.07, 6.45) is 1.95. The summed E-state index contributed by atoms with van der Waals surface area (Å²) in [6, 6.07) is 5.81. The molecule has 1 atom stereocenters. The molecule has 1 unspecified atom stereocenters. The molecule has 1 aromatic rings. The van der Waals surface area contributed by atoms with Crippen molar-refractivity contribution in [1.82, 2.24) is 5.32 Å². The van der Waals surface area contributed by atoms with Crippen molar-refractivity contribution in [3.63, 3.8) is 0 Å². The van der Waals surface area contributed by atoms with Crippen molar-refractivity contribution in [2.75, 3.05) is 25.0 Å². The Kier molecular flexibility index (Phi) is 4.66. The molecule has 0 bridgehead atoms. The minimum absolute atomic E-state index is 0.0448. The zero-order valence-corrected chi connectivity index (χ0v) is 11.9. The molecular weight excluding hydrogens is 262 g/mol. The van der Waals surface area contributed by atoms with Crippen LogP contribution in [0.4, 0.5) is 5.69 Å². The molecule has 1 aromatic carbocycles. The molecular formula is C14H20ClN3O. The molecule has 0 aromatic heterocycles. The molecule has 2 rings (SSSR count). The van der Waals surface area contributed by atoms with Crippen molar-refractivity contribution in [2.45, 2.75) is 19.4 Å². The maximum atomic E-state index is 11.8. The van der Waals surface area contributed by atoms with E-state index >= 15 is 0 Å². The van der Waals surface area contributed by atoms with E-state index in [0.29, 0.717) is 11.6 Å². The van der Waals surface area contributed by atoms with Crippen molar-refractivity contribution < 1.29 is 4.79 Å². The van der Waals surface area contributed by atoms with Crippen molar-refractivity contribution in [3.8, 4) is 0 Å². The zero-order chi connectivity index (χ0) is 13.8. The van der Waals surface area contributed by atoms with Crippen LogP contribution in [-0.2, 0) is 11.3 Å². The van der Waals surface area contributed by atoms with Crippen LogP contribution in [0.25, 0.3) is 0 Å². The van der Waals surface area contributed by atoms with E-state index in [0.717, 1.165) is 37.2 Å². The minimum Gasteiger partial charge on any atom is -0.370 e. The molecule has 5 heteroatoms. The lowest BCUT2D eigenvalue weighted by Gasteiger charge is -2.34. The third-order valence-electron chi connectivity index (χ3n) is 3.68. The number of carbonyl (C=O) groups excluding carboxylic acids is 1. The molecule has 3 N–H and O–H groups in total. The van der Waals surface area contributed by atoms with E-state index in [2.05, 4.69) is 10.2 Å².